The van der Waals surface area contributed by atoms with Gasteiger partial charge < -0.3 is 9.47 Å². The summed E-state index contributed by atoms with van der Waals surface area (Å²) in [6, 6.07) is 8.22. The van der Waals surface area contributed by atoms with Gasteiger partial charge in [0.2, 0.25) is 5.91 Å². The second-order valence-electron chi connectivity index (χ2n) is 5.65. The van der Waals surface area contributed by atoms with Crippen molar-refractivity contribution in [1.29, 1.82) is 0 Å². The summed E-state index contributed by atoms with van der Waals surface area (Å²) in [6.45, 7) is 2.69. The lowest BCUT2D eigenvalue weighted by atomic mass is 9.96. The van der Waals surface area contributed by atoms with Crippen LogP contribution in [0.2, 0.25) is 0 Å². The lowest BCUT2D eigenvalue weighted by Gasteiger charge is -2.32. The Morgan fingerprint density at radius 1 is 1.29 bits per heavy atom. The van der Waals surface area contributed by atoms with Crippen molar-refractivity contribution < 1.29 is 4.79 Å². The Balaban J connectivity index is 1.59. The van der Waals surface area contributed by atoms with Gasteiger partial charge in [-0.1, -0.05) is 12.1 Å². The molecule has 0 saturated carbocycles. The number of benzene rings is 1. The van der Waals surface area contributed by atoms with Gasteiger partial charge in [-0.05, 0) is 30.9 Å². The van der Waals surface area contributed by atoms with Crippen molar-refractivity contribution in [2.75, 3.05) is 19.0 Å². The van der Waals surface area contributed by atoms with Gasteiger partial charge in [-0.2, -0.15) is 0 Å². The molecule has 3 rings (SSSR count). The van der Waals surface area contributed by atoms with Gasteiger partial charge in [0.25, 0.3) is 0 Å². The van der Waals surface area contributed by atoms with Crippen LogP contribution < -0.4 is 0 Å². The van der Waals surface area contributed by atoms with E-state index >= 15 is 0 Å². The van der Waals surface area contributed by atoms with Gasteiger partial charge in [0.15, 0.2) is 0 Å². The molecule has 2 heterocycles. The zero-order chi connectivity index (χ0) is 14.7. The molecule has 1 aliphatic heterocycles. The number of piperidine rings is 1. The van der Waals surface area contributed by atoms with Crippen LogP contribution in [0.4, 0.5) is 0 Å². The fraction of sp³-hybridized carbons (Fsp3) is 0.500. The van der Waals surface area contributed by atoms with Gasteiger partial charge in [0.05, 0.1) is 17.4 Å². The first-order chi connectivity index (χ1) is 10.3. The largest absolute Gasteiger partial charge is 0.343 e. The molecule has 2 aromatic rings. The van der Waals surface area contributed by atoms with E-state index in [1.165, 1.54) is 5.52 Å². The molecule has 0 N–H and O–H groups in total. The number of hydrogen-bond donors (Lipinski definition) is 0. The molecule has 1 amide bonds. The molecular formula is C16H20ClN3O. The molecule has 112 valence electrons. The summed E-state index contributed by atoms with van der Waals surface area (Å²) in [4.78, 5) is 18.2. The number of likely N-dealkylation sites (tertiary alicyclic amines) is 1. The molecule has 0 atom stereocenters. The average molecular weight is 306 g/mol. The van der Waals surface area contributed by atoms with Gasteiger partial charge in [0.1, 0.15) is 0 Å². The van der Waals surface area contributed by atoms with Crippen LogP contribution in [-0.4, -0.2) is 39.3 Å². The van der Waals surface area contributed by atoms with E-state index in [2.05, 4.69) is 15.6 Å². The predicted molar refractivity (Wildman–Crippen MR) is 84.4 cm³/mol. The quantitative estimate of drug-likeness (QED) is 0.815. The number of rotatable bonds is 4. The topological polar surface area (TPSA) is 38.1 Å². The maximum atomic E-state index is 11.8. The fourth-order valence-corrected chi connectivity index (χ4v) is 3.20. The Kier molecular flexibility index (Phi) is 4.44. The van der Waals surface area contributed by atoms with Crippen LogP contribution in [0.3, 0.4) is 0 Å². The van der Waals surface area contributed by atoms with E-state index in [4.69, 9.17) is 11.6 Å². The molecule has 21 heavy (non-hydrogen) atoms. The van der Waals surface area contributed by atoms with E-state index in [1.807, 2.05) is 29.4 Å². The number of aromatic nitrogens is 2. The predicted octanol–water partition coefficient (Wildman–Crippen LogP) is 2.90. The number of halogens is 1. The minimum Gasteiger partial charge on any atom is -0.343 e. The zero-order valence-corrected chi connectivity index (χ0v) is 12.8. The Labute approximate surface area is 129 Å². The standard InChI is InChI=1S/C16H20ClN3O/c17-8-5-16(21)19-9-6-13(7-10-19)11-20-12-18-14-3-1-2-4-15(14)20/h1-4,12-13H,5-11H2. The molecule has 0 aliphatic carbocycles. The summed E-state index contributed by atoms with van der Waals surface area (Å²) >= 11 is 5.64. The van der Waals surface area contributed by atoms with E-state index in [0.29, 0.717) is 18.2 Å². The van der Waals surface area contributed by atoms with E-state index < -0.39 is 0 Å². The monoisotopic (exact) mass is 305 g/mol. The van der Waals surface area contributed by atoms with Gasteiger partial charge in [-0.25, -0.2) is 4.98 Å². The summed E-state index contributed by atoms with van der Waals surface area (Å²) in [6.07, 6.45) is 4.50. The van der Waals surface area contributed by atoms with Crippen LogP contribution in [0.5, 0.6) is 0 Å². The normalized spacial score (nSPS) is 16.5. The smallest absolute Gasteiger partial charge is 0.223 e. The number of hydrogen-bond acceptors (Lipinski definition) is 2. The summed E-state index contributed by atoms with van der Waals surface area (Å²) in [5.41, 5.74) is 2.24. The number of carbonyl (C=O) groups is 1. The third kappa shape index (κ3) is 3.21. The summed E-state index contributed by atoms with van der Waals surface area (Å²) < 4.78 is 2.23. The third-order valence-corrected chi connectivity index (χ3v) is 4.45. The molecule has 5 heteroatoms. The lowest BCUT2D eigenvalue weighted by molar-refractivity contribution is -0.132. The lowest BCUT2D eigenvalue weighted by Crippen LogP contribution is -2.39. The Morgan fingerprint density at radius 2 is 2.05 bits per heavy atom. The van der Waals surface area contributed by atoms with Crippen molar-refractivity contribution in [3.63, 3.8) is 0 Å². The average Bonchev–Trinajstić information content (AvgIpc) is 2.92. The number of fused-ring (bicyclic) bond motifs is 1. The molecule has 0 radical (unpaired) electrons. The highest BCUT2D eigenvalue weighted by molar-refractivity contribution is 6.18. The van der Waals surface area contributed by atoms with Gasteiger partial charge >= 0.3 is 0 Å². The van der Waals surface area contributed by atoms with Gasteiger partial charge in [0, 0.05) is 31.9 Å². The summed E-state index contributed by atoms with van der Waals surface area (Å²) in [7, 11) is 0. The third-order valence-electron chi connectivity index (χ3n) is 4.26. The van der Waals surface area contributed by atoms with Crippen LogP contribution in [0, 0.1) is 5.92 Å². The first kappa shape index (κ1) is 14.4. The van der Waals surface area contributed by atoms with Crippen LogP contribution in [0.1, 0.15) is 19.3 Å². The maximum absolute atomic E-state index is 11.8. The van der Waals surface area contributed by atoms with Crippen molar-refractivity contribution in [3.05, 3.63) is 30.6 Å². The molecule has 4 nitrogen and oxygen atoms in total. The molecule has 0 spiro atoms. The van der Waals surface area contributed by atoms with Crippen LogP contribution in [0.25, 0.3) is 11.0 Å². The van der Waals surface area contributed by atoms with Gasteiger partial charge in [-0.3, -0.25) is 4.79 Å². The van der Waals surface area contributed by atoms with Crippen LogP contribution >= 0.6 is 11.6 Å². The van der Waals surface area contributed by atoms with Crippen LogP contribution in [0.15, 0.2) is 30.6 Å². The number of alkyl halides is 1. The molecule has 1 aliphatic rings. The second kappa shape index (κ2) is 6.48. The number of para-hydroxylation sites is 2. The minimum atomic E-state index is 0.191. The first-order valence-electron chi connectivity index (χ1n) is 7.51. The summed E-state index contributed by atoms with van der Waals surface area (Å²) in [5.74, 6) is 1.22. The number of imidazole rings is 1. The Hall–Kier alpha value is -1.55. The molecule has 0 unspecified atom stereocenters. The number of amides is 1. The van der Waals surface area contributed by atoms with Crippen molar-refractivity contribution in [1.82, 2.24) is 14.5 Å². The second-order valence-corrected chi connectivity index (χ2v) is 6.03. The molecular weight excluding hydrogens is 286 g/mol. The summed E-state index contributed by atoms with van der Waals surface area (Å²) in [5, 5.41) is 0. The molecule has 1 saturated heterocycles. The zero-order valence-electron chi connectivity index (χ0n) is 12.0. The highest BCUT2D eigenvalue weighted by atomic mass is 35.5. The highest BCUT2D eigenvalue weighted by Crippen LogP contribution is 2.22. The first-order valence-corrected chi connectivity index (χ1v) is 8.05. The SMILES string of the molecule is O=C(CCCl)N1CCC(Cn2cnc3ccccc32)CC1. The number of nitrogens with zero attached hydrogens (tertiary/aromatic N) is 3. The molecule has 0 bridgehead atoms. The van der Waals surface area contributed by atoms with Gasteiger partial charge in [-0.15, -0.1) is 11.6 Å². The minimum absolute atomic E-state index is 0.191. The van der Waals surface area contributed by atoms with Crippen molar-refractivity contribution in [3.8, 4) is 0 Å². The highest BCUT2D eigenvalue weighted by Gasteiger charge is 2.22. The van der Waals surface area contributed by atoms with Crippen molar-refractivity contribution >= 4 is 28.5 Å². The molecule has 1 aromatic carbocycles. The Bertz CT molecular complexity index is 617. The van der Waals surface area contributed by atoms with E-state index in [-0.39, 0.29) is 5.91 Å². The van der Waals surface area contributed by atoms with E-state index in [1.54, 1.807) is 0 Å². The van der Waals surface area contributed by atoms with E-state index in [0.717, 1.165) is 38.0 Å². The van der Waals surface area contributed by atoms with Crippen LogP contribution in [-0.2, 0) is 11.3 Å². The van der Waals surface area contributed by atoms with Crippen molar-refractivity contribution in [2.24, 2.45) is 5.92 Å². The van der Waals surface area contributed by atoms with Crippen molar-refractivity contribution in [2.45, 2.75) is 25.8 Å². The Morgan fingerprint density at radius 3 is 2.81 bits per heavy atom. The van der Waals surface area contributed by atoms with E-state index in [9.17, 15) is 4.79 Å². The fourth-order valence-electron chi connectivity index (χ4n) is 3.04. The maximum Gasteiger partial charge on any atom is 0.223 e. The molecule has 1 fully saturated rings. The molecule has 1 aromatic heterocycles. The number of carbonyl (C=O) groups excluding carboxylic acids is 1.